The van der Waals surface area contributed by atoms with E-state index in [1.165, 1.54) is 0 Å². The van der Waals surface area contributed by atoms with Crippen LogP contribution in [0.1, 0.15) is 11.1 Å². The summed E-state index contributed by atoms with van der Waals surface area (Å²) in [6, 6.07) is 18.8. The first-order chi connectivity index (χ1) is 12.5. The molecule has 6 nitrogen and oxygen atoms in total. The molecule has 0 amide bonds. The third kappa shape index (κ3) is 2.73. The Bertz CT molecular complexity index is 1130. The van der Waals surface area contributed by atoms with Crippen LogP contribution in [0, 0.1) is 10.8 Å². The minimum Gasteiger partial charge on any atom is -0.455 e. The Morgan fingerprint density at radius 1 is 0.769 bits per heavy atom. The predicted octanol–water partition coefficient (Wildman–Crippen LogP) is 3.66. The Morgan fingerprint density at radius 3 is 2.12 bits per heavy atom. The smallest absolute Gasteiger partial charge is 0.151 e. The molecule has 2 aromatic heterocycles. The summed E-state index contributed by atoms with van der Waals surface area (Å²) in [5.74, 6) is 1.53. The summed E-state index contributed by atoms with van der Waals surface area (Å²) in [7, 11) is 0. The molecule has 7 N–H and O–H groups in total. The van der Waals surface area contributed by atoms with E-state index in [0.29, 0.717) is 11.1 Å². The van der Waals surface area contributed by atoms with Crippen LogP contribution in [0.3, 0.4) is 0 Å². The van der Waals surface area contributed by atoms with E-state index in [1.807, 2.05) is 48.5 Å². The summed E-state index contributed by atoms with van der Waals surface area (Å²) < 4.78 is 5.98. The van der Waals surface area contributed by atoms with Crippen LogP contribution in [-0.4, -0.2) is 16.7 Å². The zero-order valence-electron chi connectivity index (χ0n) is 13.8. The molecule has 0 spiro atoms. The molecule has 0 saturated carbocycles. The van der Waals surface area contributed by atoms with Crippen molar-refractivity contribution in [2.24, 2.45) is 11.5 Å². The van der Waals surface area contributed by atoms with Gasteiger partial charge in [-0.15, -0.1) is 0 Å². The minimum absolute atomic E-state index is 0.0392. The van der Waals surface area contributed by atoms with Gasteiger partial charge in [0.25, 0.3) is 0 Å². The molecule has 0 bridgehead atoms. The zero-order valence-corrected chi connectivity index (χ0v) is 13.8. The lowest BCUT2D eigenvalue weighted by atomic mass is 10.1. The highest BCUT2D eigenvalue weighted by Gasteiger charge is 2.10. The fraction of sp³-hybridized carbons (Fsp3) is 0. The number of nitrogen functional groups attached to an aromatic ring is 2. The van der Waals surface area contributed by atoms with Crippen LogP contribution < -0.4 is 11.5 Å². The van der Waals surface area contributed by atoms with Crippen LogP contribution >= 0.6 is 0 Å². The fourth-order valence-corrected chi connectivity index (χ4v) is 2.88. The summed E-state index contributed by atoms with van der Waals surface area (Å²) in [4.78, 5) is 3.31. The van der Waals surface area contributed by atoms with Crippen molar-refractivity contribution >= 4 is 22.6 Å². The van der Waals surface area contributed by atoms with Gasteiger partial charge in [0.15, 0.2) is 5.76 Å². The van der Waals surface area contributed by atoms with Gasteiger partial charge >= 0.3 is 0 Å². The lowest BCUT2D eigenvalue weighted by Gasteiger charge is -2.00. The molecule has 4 rings (SSSR count). The average molecular weight is 343 g/mol. The number of hydrogen-bond acceptors (Lipinski definition) is 3. The standard InChI is InChI=1S/C20H17N5O/c21-19(22)12-3-1-11(2-4-12)17-7-8-18(26-17)16-9-13-5-6-14(20(23)24)10-15(13)25-16/h1-10,25H,(H3,21,22)(H3,23,24). The second kappa shape index (κ2) is 5.93. The molecule has 0 unspecified atom stereocenters. The van der Waals surface area contributed by atoms with Crippen molar-refractivity contribution in [2.75, 3.05) is 0 Å². The number of H-pyrrole nitrogens is 1. The number of hydrogen-bond donors (Lipinski definition) is 5. The maximum atomic E-state index is 7.55. The number of rotatable bonds is 4. The quantitative estimate of drug-likeness (QED) is 0.286. The Balaban J connectivity index is 1.68. The lowest BCUT2D eigenvalue weighted by molar-refractivity contribution is 0.595. The van der Waals surface area contributed by atoms with E-state index >= 15 is 0 Å². The molecule has 4 aromatic rings. The highest BCUT2D eigenvalue weighted by atomic mass is 16.3. The first kappa shape index (κ1) is 15.7. The Hall–Kier alpha value is -3.80. The van der Waals surface area contributed by atoms with Crippen LogP contribution in [0.4, 0.5) is 0 Å². The lowest BCUT2D eigenvalue weighted by Crippen LogP contribution is -2.10. The Morgan fingerprint density at radius 2 is 1.42 bits per heavy atom. The van der Waals surface area contributed by atoms with E-state index in [4.69, 9.17) is 26.7 Å². The number of benzene rings is 2. The van der Waals surface area contributed by atoms with Crippen molar-refractivity contribution in [2.45, 2.75) is 0 Å². The summed E-state index contributed by atoms with van der Waals surface area (Å²) in [5, 5.41) is 16.0. The predicted molar refractivity (Wildman–Crippen MR) is 103 cm³/mol. The molecule has 0 fully saturated rings. The first-order valence-electron chi connectivity index (χ1n) is 8.03. The zero-order chi connectivity index (χ0) is 18.3. The van der Waals surface area contributed by atoms with Crippen molar-refractivity contribution in [3.05, 3.63) is 71.8 Å². The second-order valence-corrected chi connectivity index (χ2v) is 6.05. The van der Waals surface area contributed by atoms with Crippen molar-refractivity contribution in [3.63, 3.8) is 0 Å². The number of nitrogens with two attached hydrogens (primary N) is 2. The number of nitrogens with one attached hydrogen (secondary N) is 3. The molecule has 0 aliphatic heterocycles. The van der Waals surface area contributed by atoms with Crippen molar-refractivity contribution in [3.8, 4) is 22.8 Å². The highest BCUT2D eigenvalue weighted by molar-refractivity contribution is 5.99. The maximum absolute atomic E-state index is 7.55. The van der Waals surface area contributed by atoms with E-state index in [9.17, 15) is 0 Å². The SMILES string of the molecule is N=C(N)c1ccc(-c2ccc(-c3cc4ccc(C(=N)N)cc4[nH]3)o2)cc1. The first-order valence-corrected chi connectivity index (χ1v) is 8.03. The van der Waals surface area contributed by atoms with Crippen molar-refractivity contribution in [1.29, 1.82) is 10.8 Å². The van der Waals surface area contributed by atoms with E-state index < -0.39 is 0 Å². The largest absolute Gasteiger partial charge is 0.455 e. The van der Waals surface area contributed by atoms with Gasteiger partial charge in [0, 0.05) is 27.6 Å². The molecule has 2 heterocycles. The van der Waals surface area contributed by atoms with Crippen LogP contribution in [0.2, 0.25) is 0 Å². The molecule has 0 saturated heterocycles. The van der Waals surface area contributed by atoms with Gasteiger partial charge in [-0.1, -0.05) is 36.4 Å². The van der Waals surface area contributed by atoms with Crippen molar-refractivity contribution in [1.82, 2.24) is 4.98 Å². The van der Waals surface area contributed by atoms with Gasteiger partial charge in [0.2, 0.25) is 0 Å². The molecule has 0 radical (unpaired) electrons. The van der Waals surface area contributed by atoms with Gasteiger partial charge in [-0.3, -0.25) is 10.8 Å². The number of aromatic nitrogens is 1. The third-order valence-corrected chi connectivity index (χ3v) is 4.29. The number of furan rings is 1. The molecule has 0 atom stereocenters. The van der Waals surface area contributed by atoms with E-state index in [-0.39, 0.29) is 11.7 Å². The van der Waals surface area contributed by atoms with Crippen LogP contribution in [0.25, 0.3) is 33.7 Å². The molecule has 2 aromatic carbocycles. The molecule has 0 aliphatic rings. The fourth-order valence-electron chi connectivity index (χ4n) is 2.88. The van der Waals surface area contributed by atoms with Crippen molar-refractivity contribution < 1.29 is 4.42 Å². The summed E-state index contributed by atoms with van der Waals surface area (Å²) in [6.07, 6.45) is 0. The molecule has 128 valence electrons. The number of amidine groups is 2. The molecular formula is C20H17N5O. The molecule has 26 heavy (non-hydrogen) atoms. The van der Waals surface area contributed by atoms with Crippen LogP contribution in [-0.2, 0) is 0 Å². The highest BCUT2D eigenvalue weighted by Crippen LogP contribution is 2.30. The van der Waals surface area contributed by atoms with Gasteiger partial charge in [-0.25, -0.2) is 0 Å². The molecular weight excluding hydrogens is 326 g/mol. The van der Waals surface area contributed by atoms with E-state index in [2.05, 4.69) is 4.98 Å². The van der Waals surface area contributed by atoms with E-state index in [1.54, 1.807) is 12.1 Å². The Kier molecular flexibility index (Phi) is 3.58. The monoisotopic (exact) mass is 343 g/mol. The molecule has 6 heteroatoms. The van der Waals surface area contributed by atoms with E-state index in [0.717, 1.165) is 33.7 Å². The summed E-state index contributed by atoms with van der Waals surface area (Å²) in [6.45, 7) is 0. The maximum Gasteiger partial charge on any atom is 0.151 e. The van der Waals surface area contributed by atoms with Crippen LogP contribution in [0.5, 0.6) is 0 Å². The third-order valence-electron chi connectivity index (χ3n) is 4.29. The van der Waals surface area contributed by atoms with Gasteiger partial charge in [-0.2, -0.15) is 0 Å². The normalized spacial score (nSPS) is 10.9. The topological polar surface area (TPSA) is 129 Å². The summed E-state index contributed by atoms with van der Waals surface area (Å²) in [5.41, 5.74) is 15.1. The average Bonchev–Trinajstić information content (AvgIpc) is 3.27. The number of fused-ring (bicyclic) bond motifs is 1. The summed E-state index contributed by atoms with van der Waals surface area (Å²) >= 11 is 0. The van der Waals surface area contributed by atoms with Gasteiger partial charge < -0.3 is 20.9 Å². The number of aromatic amines is 1. The van der Waals surface area contributed by atoms with Gasteiger partial charge in [0.1, 0.15) is 17.4 Å². The van der Waals surface area contributed by atoms with Crippen LogP contribution in [0.15, 0.2) is 65.1 Å². The molecule has 0 aliphatic carbocycles. The van der Waals surface area contributed by atoms with Gasteiger partial charge in [0.05, 0.1) is 5.69 Å². The second-order valence-electron chi connectivity index (χ2n) is 6.05. The van der Waals surface area contributed by atoms with Gasteiger partial charge in [-0.05, 0) is 24.3 Å². The minimum atomic E-state index is 0.0392. The Labute approximate surface area is 149 Å².